The van der Waals surface area contributed by atoms with E-state index in [0.29, 0.717) is 37.6 Å². The first-order chi connectivity index (χ1) is 9.67. The molecule has 0 aliphatic carbocycles. The lowest BCUT2D eigenvalue weighted by molar-refractivity contribution is 0.238. The predicted molar refractivity (Wildman–Crippen MR) is 79.4 cm³/mol. The number of hydrogen-bond donors (Lipinski definition) is 3. The van der Waals surface area contributed by atoms with Crippen molar-refractivity contribution in [3.8, 4) is 5.75 Å². The monoisotopic (exact) mass is 300 g/mol. The molecule has 0 unspecified atom stereocenters. The average Bonchev–Trinajstić information content (AvgIpc) is 2.42. The zero-order chi connectivity index (χ0) is 14.8. The normalized spacial score (nSPS) is 10.2. The molecule has 6 heteroatoms. The second-order valence-corrected chi connectivity index (χ2v) is 4.63. The predicted octanol–water partition coefficient (Wildman–Crippen LogP) is 1.96. The Bertz CT molecular complexity index is 427. The molecular weight excluding hydrogens is 280 g/mol. The van der Waals surface area contributed by atoms with E-state index in [2.05, 4.69) is 10.6 Å². The van der Waals surface area contributed by atoms with E-state index in [-0.39, 0.29) is 12.6 Å². The lowest BCUT2D eigenvalue weighted by Crippen LogP contribution is -2.37. The minimum atomic E-state index is -0.238. The quantitative estimate of drug-likeness (QED) is 0.643. The Morgan fingerprint density at radius 3 is 2.80 bits per heavy atom. The average molecular weight is 301 g/mol. The van der Waals surface area contributed by atoms with Gasteiger partial charge in [0.05, 0.1) is 6.61 Å². The highest BCUT2D eigenvalue weighted by Crippen LogP contribution is 2.23. The van der Waals surface area contributed by atoms with E-state index in [1.54, 1.807) is 6.07 Å². The van der Waals surface area contributed by atoms with Gasteiger partial charge in [-0.1, -0.05) is 11.6 Å². The molecule has 20 heavy (non-hydrogen) atoms. The Morgan fingerprint density at radius 1 is 1.35 bits per heavy atom. The van der Waals surface area contributed by atoms with Crippen LogP contribution in [0.2, 0.25) is 5.02 Å². The van der Waals surface area contributed by atoms with Crippen LogP contribution < -0.4 is 15.4 Å². The molecule has 2 amide bonds. The van der Waals surface area contributed by atoms with Crippen LogP contribution in [0.1, 0.15) is 18.9 Å². The fourth-order valence-corrected chi connectivity index (χ4v) is 1.89. The Labute approximate surface area is 124 Å². The van der Waals surface area contributed by atoms with Crippen LogP contribution in [0, 0.1) is 0 Å². The largest absolute Gasteiger partial charge is 0.494 e. The van der Waals surface area contributed by atoms with E-state index < -0.39 is 0 Å². The number of carbonyl (C=O) groups is 1. The second-order valence-electron chi connectivity index (χ2n) is 4.19. The molecule has 1 aromatic carbocycles. The van der Waals surface area contributed by atoms with Crippen molar-refractivity contribution in [3.05, 3.63) is 28.8 Å². The molecule has 0 saturated heterocycles. The molecule has 0 radical (unpaired) electrons. The molecule has 1 rings (SSSR count). The van der Waals surface area contributed by atoms with E-state index in [9.17, 15) is 4.79 Å². The summed E-state index contributed by atoms with van der Waals surface area (Å²) in [6.07, 6.45) is 1.19. The van der Waals surface area contributed by atoms with Gasteiger partial charge < -0.3 is 20.5 Å². The summed E-state index contributed by atoms with van der Waals surface area (Å²) in [4.78, 5) is 11.4. The van der Waals surface area contributed by atoms with Gasteiger partial charge in [0.2, 0.25) is 0 Å². The maximum absolute atomic E-state index is 11.4. The van der Waals surface area contributed by atoms with E-state index in [1.807, 2.05) is 19.1 Å². The molecule has 0 bridgehead atoms. The Kier molecular flexibility index (Phi) is 7.84. The summed E-state index contributed by atoms with van der Waals surface area (Å²) < 4.78 is 5.51. The summed E-state index contributed by atoms with van der Waals surface area (Å²) in [6.45, 7) is 3.53. The smallest absolute Gasteiger partial charge is 0.314 e. The number of carbonyl (C=O) groups excluding carboxylic acids is 1. The third-order valence-corrected chi connectivity index (χ3v) is 2.86. The van der Waals surface area contributed by atoms with E-state index >= 15 is 0 Å². The van der Waals surface area contributed by atoms with Crippen LogP contribution in [0.4, 0.5) is 4.79 Å². The maximum atomic E-state index is 11.4. The minimum absolute atomic E-state index is 0.0700. The Hall–Kier alpha value is -1.46. The fraction of sp³-hybridized carbons (Fsp3) is 0.500. The first-order valence-corrected chi connectivity index (χ1v) is 7.09. The van der Waals surface area contributed by atoms with E-state index in [4.69, 9.17) is 21.4 Å². The fourth-order valence-electron chi connectivity index (χ4n) is 1.69. The number of aliphatic hydroxyl groups is 1. The summed E-state index contributed by atoms with van der Waals surface area (Å²) in [5.74, 6) is 0.791. The third kappa shape index (κ3) is 6.12. The number of ether oxygens (including phenoxy) is 1. The molecule has 0 aliphatic heterocycles. The van der Waals surface area contributed by atoms with Gasteiger partial charge in [-0.05, 0) is 43.5 Å². The first-order valence-electron chi connectivity index (χ1n) is 6.71. The Balaban J connectivity index is 2.40. The first kappa shape index (κ1) is 16.6. The molecule has 0 fully saturated rings. The number of amides is 2. The second kappa shape index (κ2) is 9.44. The highest BCUT2D eigenvalue weighted by molar-refractivity contribution is 6.30. The summed E-state index contributed by atoms with van der Waals surface area (Å²) >= 11 is 5.96. The topological polar surface area (TPSA) is 70.6 Å². The van der Waals surface area contributed by atoms with Gasteiger partial charge in [0.15, 0.2) is 0 Å². The highest BCUT2D eigenvalue weighted by Gasteiger charge is 2.05. The van der Waals surface area contributed by atoms with Crippen molar-refractivity contribution in [1.29, 1.82) is 0 Å². The molecule has 0 aliphatic rings. The number of halogens is 1. The lowest BCUT2D eigenvalue weighted by atomic mass is 10.1. The maximum Gasteiger partial charge on any atom is 0.314 e. The zero-order valence-electron chi connectivity index (χ0n) is 11.6. The molecule has 1 aromatic rings. The summed E-state index contributed by atoms with van der Waals surface area (Å²) in [5, 5.41) is 14.7. The standard InChI is InChI=1S/C14H21ClN2O3/c1-2-20-13-5-4-12(15)10-11(13)6-8-17-14(19)16-7-3-9-18/h4-5,10,18H,2-3,6-9H2,1H3,(H2,16,17,19). The van der Waals surface area contributed by atoms with Crippen LogP contribution in [0.3, 0.4) is 0 Å². The van der Waals surface area contributed by atoms with E-state index in [1.165, 1.54) is 0 Å². The van der Waals surface area contributed by atoms with Gasteiger partial charge in [0.25, 0.3) is 0 Å². The number of benzene rings is 1. The molecule has 112 valence electrons. The summed E-state index contributed by atoms with van der Waals surface area (Å²) in [7, 11) is 0. The van der Waals surface area contributed by atoms with Crippen LogP contribution >= 0.6 is 11.6 Å². The number of aliphatic hydroxyl groups excluding tert-OH is 1. The number of hydrogen-bond acceptors (Lipinski definition) is 3. The van der Waals surface area contributed by atoms with Gasteiger partial charge in [0, 0.05) is 24.7 Å². The van der Waals surface area contributed by atoms with Crippen molar-refractivity contribution in [2.24, 2.45) is 0 Å². The van der Waals surface area contributed by atoms with Gasteiger partial charge in [0.1, 0.15) is 5.75 Å². The molecular formula is C14H21ClN2O3. The van der Waals surface area contributed by atoms with Crippen molar-refractivity contribution >= 4 is 17.6 Å². The third-order valence-electron chi connectivity index (χ3n) is 2.62. The van der Waals surface area contributed by atoms with Gasteiger partial charge in [-0.15, -0.1) is 0 Å². The molecule has 0 spiro atoms. The minimum Gasteiger partial charge on any atom is -0.494 e. The molecule has 0 aromatic heterocycles. The molecule has 3 N–H and O–H groups in total. The van der Waals surface area contributed by atoms with Crippen LogP contribution in [0.5, 0.6) is 5.75 Å². The highest BCUT2D eigenvalue weighted by atomic mass is 35.5. The van der Waals surface area contributed by atoms with E-state index in [0.717, 1.165) is 11.3 Å². The number of nitrogens with one attached hydrogen (secondary N) is 2. The molecule has 0 atom stereocenters. The lowest BCUT2D eigenvalue weighted by Gasteiger charge is -2.11. The molecule has 0 saturated carbocycles. The number of urea groups is 1. The SMILES string of the molecule is CCOc1ccc(Cl)cc1CCNC(=O)NCCCO. The summed E-state index contributed by atoms with van der Waals surface area (Å²) in [6, 6.07) is 5.23. The van der Waals surface area contributed by atoms with Crippen LogP contribution in [-0.2, 0) is 6.42 Å². The van der Waals surface area contributed by atoms with Crippen LogP contribution in [-0.4, -0.2) is 37.4 Å². The zero-order valence-corrected chi connectivity index (χ0v) is 12.4. The van der Waals surface area contributed by atoms with Crippen LogP contribution in [0.15, 0.2) is 18.2 Å². The van der Waals surface area contributed by atoms with Crippen molar-refractivity contribution in [2.45, 2.75) is 19.8 Å². The van der Waals surface area contributed by atoms with Crippen molar-refractivity contribution < 1.29 is 14.6 Å². The molecule has 0 heterocycles. The number of rotatable bonds is 8. The van der Waals surface area contributed by atoms with Crippen LogP contribution in [0.25, 0.3) is 0 Å². The van der Waals surface area contributed by atoms with Crippen molar-refractivity contribution in [1.82, 2.24) is 10.6 Å². The van der Waals surface area contributed by atoms with Gasteiger partial charge >= 0.3 is 6.03 Å². The van der Waals surface area contributed by atoms with Crippen molar-refractivity contribution in [2.75, 3.05) is 26.3 Å². The summed E-state index contributed by atoms with van der Waals surface area (Å²) in [5.41, 5.74) is 0.968. The van der Waals surface area contributed by atoms with Crippen molar-refractivity contribution in [3.63, 3.8) is 0 Å². The van der Waals surface area contributed by atoms with Gasteiger partial charge in [-0.3, -0.25) is 0 Å². The molecule has 5 nitrogen and oxygen atoms in total. The van der Waals surface area contributed by atoms with Gasteiger partial charge in [-0.2, -0.15) is 0 Å². The Morgan fingerprint density at radius 2 is 2.10 bits per heavy atom. The van der Waals surface area contributed by atoms with Gasteiger partial charge in [-0.25, -0.2) is 4.79 Å².